The van der Waals surface area contributed by atoms with Crippen molar-refractivity contribution < 1.29 is 18.7 Å². The van der Waals surface area contributed by atoms with Crippen LogP contribution in [0.25, 0.3) is 0 Å². The molecule has 32 heavy (non-hydrogen) atoms. The fourth-order valence-electron chi connectivity index (χ4n) is 4.03. The SMILES string of the molecule is COc1ccc(N2CCN(C(CNC(=O)c3cn(C)nc3OC)c3ccco3)CC2)cc1. The van der Waals surface area contributed by atoms with Crippen molar-refractivity contribution in [3.05, 3.63) is 60.2 Å². The van der Waals surface area contributed by atoms with E-state index in [9.17, 15) is 4.79 Å². The van der Waals surface area contributed by atoms with Crippen molar-refractivity contribution in [1.82, 2.24) is 20.0 Å². The highest BCUT2D eigenvalue weighted by molar-refractivity contribution is 5.96. The number of aromatic nitrogens is 2. The number of piperazine rings is 1. The topological polar surface area (TPSA) is 85.0 Å². The van der Waals surface area contributed by atoms with Gasteiger partial charge < -0.3 is 24.1 Å². The van der Waals surface area contributed by atoms with Crippen molar-refractivity contribution in [3.63, 3.8) is 0 Å². The first-order valence-corrected chi connectivity index (χ1v) is 10.6. The smallest absolute Gasteiger partial charge is 0.258 e. The van der Waals surface area contributed by atoms with Gasteiger partial charge in [0.1, 0.15) is 17.1 Å². The van der Waals surface area contributed by atoms with E-state index in [1.54, 1.807) is 31.3 Å². The number of hydrogen-bond acceptors (Lipinski definition) is 7. The zero-order valence-electron chi connectivity index (χ0n) is 18.7. The maximum absolute atomic E-state index is 12.8. The van der Waals surface area contributed by atoms with E-state index in [2.05, 4.69) is 32.3 Å². The summed E-state index contributed by atoms with van der Waals surface area (Å²) in [5, 5.41) is 7.18. The molecule has 1 aliphatic heterocycles. The van der Waals surface area contributed by atoms with Crippen LogP contribution in [0.5, 0.6) is 11.6 Å². The number of nitrogens with zero attached hydrogens (tertiary/aromatic N) is 4. The fraction of sp³-hybridized carbons (Fsp3) is 0.391. The van der Waals surface area contributed by atoms with Gasteiger partial charge >= 0.3 is 0 Å². The van der Waals surface area contributed by atoms with E-state index < -0.39 is 0 Å². The first kappa shape index (κ1) is 21.8. The van der Waals surface area contributed by atoms with Crippen molar-refractivity contribution in [1.29, 1.82) is 0 Å². The first-order valence-electron chi connectivity index (χ1n) is 10.6. The van der Waals surface area contributed by atoms with Crippen molar-refractivity contribution in [2.45, 2.75) is 6.04 Å². The third kappa shape index (κ3) is 4.72. The Morgan fingerprint density at radius 1 is 1.12 bits per heavy atom. The van der Waals surface area contributed by atoms with Crippen LogP contribution in [0.4, 0.5) is 5.69 Å². The summed E-state index contributed by atoms with van der Waals surface area (Å²) in [5.41, 5.74) is 1.59. The van der Waals surface area contributed by atoms with Gasteiger partial charge in [0.05, 0.1) is 26.5 Å². The van der Waals surface area contributed by atoms with Crippen LogP contribution in [-0.2, 0) is 7.05 Å². The summed E-state index contributed by atoms with van der Waals surface area (Å²) in [7, 11) is 4.94. The molecule has 3 aromatic rings. The second-order valence-electron chi connectivity index (χ2n) is 7.69. The van der Waals surface area contributed by atoms with Gasteiger partial charge in [-0.05, 0) is 36.4 Å². The number of amides is 1. The van der Waals surface area contributed by atoms with Crippen molar-refractivity contribution in [2.75, 3.05) is 51.8 Å². The molecule has 9 heteroatoms. The van der Waals surface area contributed by atoms with E-state index in [-0.39, 0.29) is 11.9 Å². The zero-order valence-corrected chi connectivity index (χ0v) is 18.7. The second-order valence-corrected chi connectivity index (χ2v) is 7.69. The molecule has 1 atom stereocenters. The molecule has 0 bridgehead atoms. The lowest BCUT2D eigenvalue weighted by Gasteiger charge is -2.39. The van der Waals surface area contributed by atoms with Crippen LogP contribution in [0.1, 0.15) is 22.2 Å². The highest BCUT2D eigenvalue weighted by Crippen LogP contribution is 2.26. The predicted molar refractivity (Wildman–Crippen MR) is 120 cm³/mol. The third-order valence-corrected chi connectivity index (χ3v) is 5.75. The molecule has 1 saturated heterocycles. The highest BCUT2D eigenvalue weighted by atomic mass is 16.5. The number of aryl methyl sites for hydroxylation is 1. The first-order chi connectivity index (χ1) is 15.6. The molecule has 9 nitrogen and oxygen atoms in total. The number of anilines is 1. The Bertz CT molecular complexity index is 1010. The molecule has 1 aliphatic rings. The van der Waals surface area contributed by atoms with Crippen LogP contribution in [0, 0.1) is 0 Å². The van der Waals surface area contributed by atoms with E-state index in [1.807, 2.05) is 24.3 Å². The highest BCUT2D eigenvalue weighted by Gasteiger charge is 2.28. The largest absolute Gasteiger partial charge is 0.497 e. The quantitative estimate of drug-likeness (QED) is 0.577. The molecule has 0 saturated carbocycles. The van der Waals surface area contributed by atoms with Gasteiger partial charge in [0, 0.05) is 51.7 Å². The summed E-state index contributed by atoms with van der Waals surface area (Å²) in [4.78, 5) is 17.5. The molecule has 1 fully saturated rings. The molecule has 1 unspecified atom stereocenters. The lowest BCUT2D eigenvalue weighted by Crippen LogP contribution is -2.49. The molecule has 0 spiro atoms. The van der Waals surface area contributed by atoms with Crippen LogP contribution in [0.15, 0.2) is 53.3 Å². The number of carbonyl (C=O) groups excluding carboxylic acids is 1. The van der Waals surface area contributed by atoms with Gasteiger partial charge in [0.2, 0.25) is 5.88 Å². The van der Waals surface area contributed by atoms with Gasteiger partial charge in [-0.2, -0.15) is 0 Å². The molecule has 0 aliphatic carbocycles. The normalized spacial score (nSPS) is 15.4. The average molecular weight is 440 g/mol. The number of nitrogens with one attached hydrogen (secondary N) is 1. The summed E-state index contributed by atoms with van der Waals surface area (Å²) in [6.07, 6.45) is 3.32. The minimum absolute atomic E-state index is 0.0605. The van der Waals surface area contributed by atoms with Gasteiger partial charge in [-0.3, -0.25) is 14.4 Å². The summed E-state index contributed by atoms with van der Waals surface area (Å²) in [6, 6.07) is 11.9. The molecule has 170 valence electrons. The standard InChI is InChI=1S/C23H29N5O4/c1-26-16-19(23(25-26)31-3)22(29)24-15-20(21-5-4-14-32-21)28-12-10-27(11-13-28)17-6-8-18(30-2)9-7-17/h4-9,14,16,20H,10-13,15H2,1-3H3,(H,24,29). The van der Waals surface area contributed by atoms with Gasteiger partial charge in [-0.25, -0.2) is 0 Å². The molecule has 1 N–H and O–H groups in total. The van der Waals surface area contributed by atoms with E-state index >= 15 is 0 Å². The maximum Gasteiger partial charge on any atom is 0.258 e. The van der Waals surface area contributed by atoms with E-state index in [0.717, 1.165) is 37.7 Å². The minimum Gasteiger partial charge on any atom is -0.497 e. The minimum atomic E-state index is -0.219. The van der Waals surface area contributed by atoms with Crippen molar-refractivity contribution in [2.24, 2.45) is 7.05 Å². The monoisotopic (exact) mass is 439 g/mol. The van der Waals surface area contributed by atoms with Crippen LogP contribution >= 0.6 is 0 Å². The number of methoxy groups -OCH3 is 2. The van der Waals surface area contributed by atoms with Crippen molar-refractivity contribution >= 4 is 11.6 Å². The van der Waals surface area contributed by atoms with Crippen LogP contribution < -0.4 is 19.7 Å². The fourth-order valence-corrected chi connectivity index (χ4v) is 4.03. The molecule has 1 aromatic carbocycles. The third-order valence-electron chi connectivity index (χ3n) is 5.75. The lowest BCUT2D eigenvalue weighted by atomic mass is 10.1. The van der Waals surface area contributed by atoms with Gasteiger partial charge in [-0.1, -0.05) is 0 Å². The van der Waals surface area contributed by atoms with Crippen molar-refractivity contribution in [3.8, 4) is 11.6 Å². The molecular weight excluding hydrogens is 410 g/mol. The predicted octanol–water partition coefficient (Wildman–Crippen LogP) is 2.32. The van der Waals surface area contributed by atoms with E-state index in [1.165, 1.54) is 12.8 Å². The Hall–Kier alpha value is -3.46. The average Bonchev–Trinajstić information content (AvgIpc) is 3.49. The van der Waals surface area contributed by atoms with E-state index in [0.29, 0.717) is 18.0 Å². The molecule has 0 radical (unpaired) electrons. The molecule has 4 rings (SSSR count). The number of ether oxygens (including phenoxy) is 2. The summed E-state index contributed by atoms with van der Waals surface area (Å²) in [6.45, 7) is 3.89. The number of benzene rings is 1. The van der Waals surface area contributed by atoms with Gasteiger partial charge in [0.25, 0.3) is 5.91 Å². The Morgan fingerprint density at radius 3 is 2.50 bits per heavy atom. The summed E-state index contributed by atoms with van der Waals surface area (Å²) < 4.78 is 17.7. The second kappa shape index (κ2) is 9.78. The number of furan rings is 1. The van der Waals surface area contributed by atoms with Gasteiger partial charge in [-0.15, -0.1) is 5.10 Å². The Balaban J connectivity index is 1.41. The van der Waals surface area contributed by atoms with E-state index in [4.69, 9.17) is 13.9 Å². The zero-order chi connectivity index (χ0) is 22.5. The molecule has 3 heterocycles. The summed E-state index contributed by atoms with van der Waals surface area (Å²) >= 11 is 0. The number of carbonyl (C=O) groups is 1. The molecular formula is C23H29N5O4. The Kier molecular flexibility index (Phi) is 6.65. The van der Waals surface area contributed by atoms with Gasteiger partial charge in [0.15, 0.2) is 0 Å². The Morgan fingerprint density at radius 2 is 1.88 bits per heavy atom. The van der Waals surface area contributed by atoms with Crippen LogP contribution in [-0.4, -0.2) is 67.5 Å². The molecule has 1 amide bonds. The number of rotatable bonds is 8. The maximum atomic E-state index is 12.8. The number of hydrogen-bond donors (Lipinski definition) is 1. The van der Waals surface area contributed by atoms with Crippen LogP contribution in [0.2, 0.25) is 0 Å². The van der Waals surface area contributed by atoms with Crippen LogP contribution in [0.3, 0.4) is 0 Å². The lowest BCUT2D eigenvalue weighted by molar-refractivity contribution is 0.0920. The summed E-state index contributed by atoms with van der Waals surface area (Å²) in [5.74, 6) is 1.78. The molecule has 2 aromatic heterocycles. The Labute approximate surface area is 187 Å².